The molecule has 0 spiro atoms. The van der Waals surface area contributed by atoms with Gasteiger partial charge in [0.05, 0.1) is 25.5 Å². The molecule has 2 fully saturated rings. The zero-order valence-corrected chi connectivity index (χ0v) is 14.4. The summed E-state index contributed by atoms with van der Waals surface area (Å²) in [6.07, 6.45) is 3.83. The summed E-state index contributed by atoms with van der Waals surface area (Å²) < 4.78 is 16.9. The number of morpholine rings is 1. The van der Waals surface area contributed by atoms with E-state index in [1.165, 1.54) is 6.26 Å². The lowest BCUT2D eigenvalue weighted by atomic mass is 10.0. The van der Waals surface area contributed by atoms with Gasteiger partial charge in [-0.1, -0.05) is 0 Å². The molecule has 0 aromatic carbocycles. The maximum absolute atomic E-state index is 12.1. The van der Waals surface area contributed by atoms with E-state index in [0.717, 1.165) is 44.1 Å². The molecule has 1 saturated carbocycles. The quantitative estimate of drug-likeness (QED) is 0.903. The second-order valence-electron chi connectivity index (χ2n) is 6.91. The molecule has 6 heteroatoms. The Kier molecular flexibility index (Phi) is 4.63. The molecular formula is C19H24N2O4. The van der Waals surface area contributed by atoms with Gasteiger partial charge in [-0.2, -0.15) is 0 Å². The molecule has 0 unspecified atom stereocenters. The van der Waals surface area contributed by atoms with Crippen molar-refractivity contribution in [2.75, 3.05) is 19.7 Å². The number of rotatable bonds is 5. The fourth-order valence-electron chi connectivity index (χ4n) is 4.04. The van der Waals surface area contributed by atoms with Crippen molar-refractivity contribution in [1.82, 2.24) is 10.2 Å². The SMILES string of the molecule is Cc1ccc(CN2CCO[C@@H]3[C@H](CNC(=O)c4ccco4)CC[C@@H]32)o1. The average molecular weight is 344 g/mol. The fourth-order valence-corrected chi connectivity index (χ4v) is 4.04. The molecule has 2 aromatic rings. The van der Waals surface area contributed by atoms with Crippen LogP contribution >= 0.6 is 0 Å². The van der Waals surface area contributed by atoms with Crippen molar-refractivity contribution < 1.29 is 18.4 Å². The van der Waals surface area contributed by atoms with Crippen molar-refractivity contribution >= 4 is 5.91 Å². The molecule has 1 N–H and O–H groups in total. The first-order valence-electron chi connectivity index (χ1n) is 8.93. The van der Waals surface area contributed by atoms with Crippen LogP contribution in [0.2, 0.25) is 0 Å². The topological polar surface area (TPSA) is 67.8 Å². The van der Waals surface area contributed by atoms with Gasteiger partial charge in [-0.05, 0) is 44.0 Å². The summed E-state index contributed by atoms with van der Waals surface area (Å²) in [5.74, 6) is 2.49. The second kappa shape index (κ2) is 7.06. The summed E-state index contributed by atoms with van der Waals surface area (Å²) in [6.45, 7) is 5.06. The summed E-state index contributed by atoms with van der Waals surface area (Å²) >= 11 is 0. The lowest BCUT2D eigenvalue weighted by molar-refractivity contribution is -0.0773. The van der Waals surface area contributed by atoms with E-state index in [1.807, 2.05) is 13.0 Å². The highest BCUT2D eigenvalue weighted by Crippen LogP contribution is 2.35. The van der Waals surface area contributed by atoms with Gasteiger partial charge in [0.15, 0.2) is 5.76 Å². The smallest absolute Gasteiger partial charge is 0.286 e. The monoisotopic (exact) mass is 344 g/mol. The van der Waals surface area contributed by atoms with Crippen LogP contribution in [-0.4, -0.2) is 42.6 Å². The summed E-state index contributed by atoms with van der Waals surface area (Å²) in [6, 6.07) is 7.85. The van der Waals surface area contributed by atoms with E-state index in [4.69, 9.17) is 13.6 Å². The Morgan fingerprint density at radius 2 is 2.24 bits per heavy atom. The molecule has 2 aliphatic rings. The van der Waals surface area contributed by atoms with Gasteiger partial charge in [-0.3, -0.25) is 9.69 Å². The Hall–Kier alpha value is -2.05. The van der Waals surface area contributed by atoms with E-state index in [9.17, 15) is 4.79 Å². The second-order valence-corrected chi connectivity index (χ2v) is 6.91. The molecule has 6 nitrogen and oxygen atoms in total. The largest absolute Gasteiger partial charge is 0.465 e. The van der Waals surface area contributed by atoms with Gasteiger partial charge in [-0.25, -0.2) is 0 Å². The number of aryl methyl sites for hydroxylation is 1. The standard InChI is InChI=1S/C19H24N2O4/c1-13-4-6-15(25-13)12-21-8-10-24-18-14(5-7-16(18)21)11-20-19(22)17-3-2-9-23-17/h2-4,6,9,14,16,18H,5,7-8,10-12H2,1H3,(H,20,22)/t14-,16-,18+/m0/s1. The van der Waals surface area contributed by atoms with Crippen LogP contribution in [0.5, 0.6) is 0 Å². The summed E-state index contributed by atoms with van der Waals surface area (Å²) in [4.78, 5) is 14.5. The molecule has 1 aliphatic carbocycles. The lowest BCUT2D eigenvalue weighted by Gasteiger charge is -2.38. The number of hydrogen-bond acceptors (Lipinski definition) is 5. The molecule has 1 aliphatic heterocycles. The average Bonchev–Trinajstić information content (AvgIpc) is 3.34. The molecule has 4 rings (SSSR count). The first-order valence-corrected chi connectivity index (χ1v) is 8.93. The number of amides is 1. The molecule has 3 heterocycles. The maximum atomic E-state index is 12.1. The number of ether oxygens (including phenoxy) is 1. The Bertz CT molecular complexity index is 709. The van der Waals surface area contributed by atoms with Crippen LogP contribution in [0.4, 0.5) is 0 Å². The van der Waals surface area contributed by atoms with Crippen molar-refractivity contribution in [3.63, 3.8) is 0 Å². The van der Waals surface area contributed by atoms with Crippen molar-refractivity contribution in [1.29, 1.82) is 0 Å². The van der Waals surface area contributed by atoms with Gasteiger partial charge in [0.2, 0.25) is 0 Å². The Morgan fingerprint density at radius 3 is 3.00 bits per heavy atom. The molecule has 1 saturated heterocycles. The van der Waals surface area contributed by atoms with Crippen LogP contribution in [-0.2, 0) is 11.3 Å². The van der Waals surface area contributed by atoms with Gasteiger partial charge in [0, 0.05) is 25.0 Å². The van der Waals surface area contributed by atoms with Gasteiger partial charge in [-0.15, -0.1) is 0 Å². The number of nitrogens with one attached hydrogen (secondary N) is 1. The van der Waals surface area contributed by atoms with Gasteiger partial charge < -0.3 is 18.9 Å². The van der Waals surface area contributed by atoms with Crippen LogP contribution in [0.25, 0.3) is 0 Å². The predicted octanol–water partition coefficient (Wildman–Crippen LogP) is 2.59. The zero-order chi connectivity index (χ0) is 17.2. The number of nitrogens with zero attached hydrogens (tertiary/aromatic N) is 1. The molecule has 0 bridgehead atoms. The third-order valence-corrected chi connectivity index (χ3v) is 5.26. The van der Waals surface area contributed by atoms with Crippen molar-refractivity contribution in [3.05, 3.63) is 47.8 Å². The van der Waals surface area contributed by atoms with Crippen LogP contribution in [0, 0.1) is 12.8 Å². The first-order chi connectivity index (χ1) is 12.2. The lowest BCUT2D eigenvalue weighted by Crippen LogP contribution is -2.50. The molecule has 0 radical (unpaired) electrons. The van der Waals surface area contributed by atoms with Crippen LogP contribution in [0.15, 0.2) is 39.4 Å². The number of carbonyl (C=O) groups is 1. The molecule has 1 amide bonds. The van der Waals surface area contributed by atoms with E-state index in [2.05, 4.69) is 16.3 Å². The number of fused-ring (bicyclic) bond motifs is 1. The highest BCUT2D eigenvalue weighted by atomic mass is 16.5. The van der Waals surface area contributed by atoms with Crippen molar-refractivity contribution in [2.45, 2.75) is 38.5 Å². The Morgan fingerprint density at radius 1 is 1.32 bits per heavy atom. The maximum Gasteiger partial charge on any atom is 0.286 e. The highest BCUT2D eigenvalue weighted by molar-refractivity contribution is 5.91. The number of carbonyl (C=O) groups excluding carboxylic acids is 1. The zero-order valence-electron chi connectivity index (χ0n) is 14.4. The molecule has 3 atom stereocenters. The highest BCUT2D eigenvalue weighted by Gasteiger charge is 2.42. The third kappa shape index (κ3) is 3.50. The minimum atomic E-state index is -0.160. The third-order valence-electron chi connectivity index (χ3n) is 5.26. The number of hydrogen-bond donors (Lipinski definition) is 1. The van der Waals surface area contributed by atoms with Crippen LogP contribution in [0.3, 0.4) is 0 Å². The molecule has 134 valence electrons. The molecular weight excluding hydrogens is 320 g/mol. The Labute approximate surface area is 147 Å². The van der Waals surface area contributed by atoms with E-state index in [1.54, 1.807) is 12.1 Å². The summed E-state index contributed by atoms with van der Waals surface area (Å²) in [5.41, 5.74) is 0. The normalized spacial score (nSPS) is 26.5. The Balaban J connectivity index is 1.35. The number of furan rings is 2. The fraction of sp³-hybridized carbons (Fsp3) is 0.526. The van der Waals surface area contributed by atoms with Crippen molar-refractivity contribution in [3.8, 4) is 0 Å². The first kappa shape index (κ1) is 16.4. The van der Waals surface area contributed by atoms with Crippen LogP contribution in [0.1, 0.15) is 34.9 Å². The minimum absolute atomic E-state index is 0.160. The van der Waals surface area contributed by atoms with Gasteiger partial charge >= 0.3 is 0 Å². The van der Waals surface area contributed by atoms with E-state index in [0.29, 0.717) is 24.3 Å². The minimum Gasteiger partial charge on any atom is -0.465 e. The summed E-state index contributed by atoms with van der Waals surface area (Å²) in [7, 11) is 0. The van der Waals surface area contributed by atoms with Gasteiger partial charge in [0.25, 0.3) is 5.91 Å². The van der Waals surface area contributed by atoms with E-state index >= 15 is 0 Å². The van der Waals surface area contributed by atoms with Gasteiger partial charge in [0.1, 0.15) is 11.5 Å². The van der Waals surface area contributed by atoms with Crippen LogP contribution < -0.4 is 5.32 Å². The summed E-state index contributed by atoms with van der Waals surface area (Å²) in [5, 5.41) is 2.98. The molecule has 25 heavy (non-hydrogen) atoms. The molecule has 2 aromatic heterocycles. The van der Waals surface area contributed by atoms with Crippen molar-refractivity contribution in [2.24, 2.45) is 5.92 Å². The van der Waals surface area contributed by atoms with E-state index < -0.39 is 0 Å². The van der Waals surface area contributed by atoms with E-state index in [-0.39, 0.29) is 12.0 Å². The predicted molar refractivity (Wildman–Crippen MR) is 91.1 cm³/mol.